The summed E-state index contributed by atoms with van der Waals surface area (Å²) in [7, 11) is 1.95. The molecule has 1 aromatic carbocycles. The van der Waals surface area contributed by atoms with E-state index in [1.165, 1.54) is 5.56 Å². The first-order valence-corrected chi connectivity index (χ1v) is 8.89. The van der Waals surface area contributed by atoms with Crippen LogP contribution in [-0.4, -0.2) is 53.8 Å². The summed E-state index contributed by atoms with van der Waals surface area (Å²) < 4.78 is 0. The monoisotopic (exact) mass is 329 g/mol. The third-order valence-corrected chi connectivity index (χ3v) is 5.23. The first-order chi connectivity index (χ1) is 11.6. The van der Waals surface area contributed by atoms with Gasteiger partial charge < -0.3 is 15.1 Å². The predicted molar refractivity (Wildman–Crippen MR) is 93.4 cm³/mol. The zero-order chi connectivity index (χ0) is 17.1. The first-order valence-electron chi connectivity index (χ1n) is 8.89. The second kappa shape index (κ2) is 7.34. The van der Waals surface area contributed by atoms with Crippen molar-refractivity contribution in [1.29, 1.82) is 0 Å². The first kappa shape index (κ1) is 17.0. The summed E-state index contributed by atoms with van der Waals surface area (Å²) in [6, 6.07) is 8.25. The van der Waals surface area contributed by atoms with E-state index in [4.69, 9.17) is 0 Å². The molecule has 1 aromatic rings. The van der Waals surface area contributed by atoms with Gasteiger partial charge in [0, 0.05) is 32.1 Å². The van der Waals surface area contributed by atoms with Crippen molar-refractivity contribution in [3.05, 3.63) is 35.4 Å². The second-order valence-electron chi connectivity index (χ2n) is 6.97. The van der Waals surface area contributed by atoms with Crippen molar-refractivity contribution < 1.29 is 9.59 Å². The Balaban J connectivity index is 1.70. The van der Waals surface area contributed by atoms with Crippen molar-refractivity contribution in [3.8, 4) is 0 Å². The van der Waals surface area contributed by atoms with Gasteiger partial charge in [0.2, 0.25) is 11.8 Å². The van der Waals surface area contributed by atoms with E-state index in [-0.39, 0.29) is 17.9 Å². The van der Waals surface area contributed by atoms with Gasteiger partial charge >= 0.3 is 0 Å². The molecule has 0 spiro atoms. The Labute approximate surface area is 144 Å². The van der Waals surface area contributed by atoms with Crippen LogP contribution < -0.4 is 5.32 Å². The van der Waals surface area contributed by atoms with Gasteiger partial charge in [-0.1, -0.05) is 29.8 Å². The molecule has 2 aliphatic heterocycles. The Kier molecular flexibility index (Phi) is 5.19. The van der Waals surface area contributed by atoms with Gasteiger partial charge in [-0.25, -0.2) is 0 Å². The second-order valence-corrected chi connectivity index (χ2v) is 6.97. The number of aryl methyl sites for hydroxylation is 1. The van der Waals surface area contributed by atoms with Crippen molar-refractivity contribution in [1.82, 2.24) is 15.1 Å². The number of nitrogens with one attached hydrogen (secondary N) is 1. The molecule has 5 nitrogen and oxygen atoms in total. The molecule has 3 rings (SSSR count). The van der Waals surface area contributed by atoms with Gasteiger partial charge in [0.15, 0.2) is 0 Å². The SMILES string of the molecule is CNC1CCCN(C(=O)C2CCC(=O)N2Cc2ccc(C)cc2)C1. The lowest BCUT2D eigenvalue weighted by Crippen LogP contribution is -2.52. The Hall–Kier alpha value is -1.88. The number of hydrogen-bond donors (Lipinski definition) is 1. The summed E-state index contributed by atoms with van der Waals surface area (Å²) in [5.74, 6) is 0.212. The molecule has 0 radical (unpaired) electrons. The van der Waals surface area contributed by atoms with Crippen molar-refractivity contribution in [2.45, 2.75) is 51.2 Å². The van der Waals surface area contributed by atoms with E-state index in [0.29, 0.717) is 25.4 Å². The highest BCUT2D eigenvalue weighted by atomic mass is 16.2. The molecule has 2 atom stereocenters. The molecule has 2 saturated heterocycles. The van der Waals surface area contributed by atoms with Crippen LogP contribution in [0.25, 0.3) is 0 Å². The molecule has 0 aliphatic carbocycles. The minimum absolute atomic E-state index is 0.0936. The van der Waals surface area contributed by atoms with Crippen LogP contribution in [0.2, 0.25) is 0 Å². The van der Waals surface area contributed by atoms with Crippen molar-refractivity contribution >= 4 is 11.8 Å². The van der Waals surface area contributed by atoms with Crippen LogP contribution >= 0.6 is 0 Å². The van der Waals surface area contributed by atoms with Crippen molar-refractivity contribution in [2.75, 3.05) is 20.1 Å². The molecule has 0 bridgehead atoms. The van der Waals surface area contributed by atoms with Gasteiger partial charge in [-0.15, -0.1) is 0 Å². The highest BCUT2D eigenvalue weighted by molar-refractivity contribution is 5.91. The maximum atomic E-state index is 13.0. The van der Waals surface area contributed by atoms with Gasteiger partial charge in [0.05, 0.1) is 0 Å². The number of nitrogens with zero attached hydrogens (tertiary/aromatic N) is 2. The maximum Gasteiger partial charge on any atom is 0.245 e. The number of amides is 2. The van der Waals surface area contributed by atoms with Crippen LogP contribution in [0.5, 0.6) is 0 Å². The number of likely N-dealkylation sites (tertiary alicyclic amines) is 2. The molecule has 2 fully saturated rings. The summed E-state index contributed by atoms with van der Waals surface area (Å²) in [6.45, 7) is 4.13. The highest BCUT2D eigenvalue weighted by Gasteiger charge is 2.39. The molecule has 2 aliphatic rings. The summed E-state index contributed by atoms with van der Waals surface area (Å²) in [5.41, 5.74) is 2.28. The number of benzene rings is 1. The standard InChI is InChI=1S/C19H27N3O2/c1-14-5-7-15(8-6-14)12-22-17(9-10-18(22)23)19(24)21-11-3-4-16(13-21)20-2/h5-8,16-17,20H,3-4,9-13H2,1-2H3. The third kappa shape index (κ3) is 3.61. The molecule has 0 saturated carbocycles. The summed E-state index contributed by atoms with van der Waals surface area (Å²) in [4.78, 5) is 29.0. The van der Waals surface area contributed by atoms with E-state index in [1.54, 1.807) is 4.90 Å². The smallest absolute Gasteiger partial charge is 0.245 e. The average molecular weight is 329 g/mol. The van der Waals surface area contributed by atoms with Crippen LogP contribution in [0.3, 0.4) is 0 Å². The van der Waals surface area contributed by atoms with Crippen molar-refractivity contribution in [2.24, 2.45) is 0 Å². The number of rotatable bonds is 4. The Morgan fingerprint density at radius 3 is 2.71 bits per heavy atom. The van der Waals surface area contributed by atoms with Crippen molar-refractivity contribution in [3.63, 3.8) is 0 Å². The Bertz CT molecular complexity index is 599. The maximum absolute atomic E-state index is 13.0. The Morgan fingerprint density at radius 2 is 2.00 bits per heavy atom. The molecule has 2 heterocycles. The third-order valence-electron chi connectivity index (χ3n) is 5.23. The quantitative estimate of drug-likeness (QED) is 0.915. The molecule has 2 amide bonds. The van der Waals surface area contributed by atoms with Crippen LogP contribution in [0.15, 0.2) is 24.3 Å². The molecule has 2 unspecified atom stereocenters. The fraction of sp³-hybridized carbons (Fsp3) is 0.579. The van der Waals surface area contributed by atoms with Crippen LogP contribution in [0, 0.1) is 6.92 Å². The minimum Gasteiger partial charge on any atom is -0.339 e. The van der Waals surface area contributed by atoms with E-state index in [9.17, 15) is 9.59 Å². The molecular weight excluding hydrogens is 302 g/mol. The number of carbonyl (C=O) groups is 2. The molecule has 0 aromatic heterocycles. The van der Waals surface area contributed by atoms with Crippen LogP contribution in [0.1, 0.15) is 36.8 Å². The predicted octanol–water partition coefficient (Wildman–Crippen LogP) is 1.70. The summed E-state index contributed by atoms with van der Waals surface area (Å²) in [6.07, 6.45) is 3.25. The van der Waals surface area contributed by atoms with E-state index < -0.39 is 0 Å². The van der Waals surface area contributed by atoms with Gasteiger partial charge in [0.25, 0.3) is 0 Å². The number of piperidine rings is 1. The average Bonchev–Trinajstić information content (AvgIpc) is 2.97. The fourth-order valence-corrected chi connectivity index (χ4v) is 3.70. The fourth-order valence-electron chi connectivity index (χ4n) is 3.70. The van der Waals surface area contributed by atoms with Crippen LogP contribution in [0.4, 0.5) is 0 Å². The largest absolute Gasteiger partial charge is 0.339 e. The molecule has 1 N–H and O–H groups in total. The van der Waals surface area contributed by atoms with Crippen LogP contribution in [-0.2, 0) is 16.1 Å². The molecular formula is C19H27N3O2. The minimum atomic E-state index is -0.297. The topological polar surface area (TPSA) is 52.7 Å². The lowest BCUT2D eigenvalue weighted by molar-refractivity contribution is -0.142. The Morgan fingerprint density at radius 1 is 1.25 bits per heavy atom. The molecule has 5 heteroatoms. The number of likely N-dealkylation sites (N-methyl/N-ethyl adjacent to an activating group) is 1. The summed E-state index contributed by atoms with van der Waals surface area (Å²) in [5, 5.41) is 3.27. The summed E-state index contributed by atoms with van der Waals surface area (Å²) >= 11 is 0. The molecule has 130 valence electrons. The number of hydrogen-bond acceptors (Lipinski definition) is 3. The highest BCUT2D eigenvalue weighted by Crippen LogP contribution is 2.24. The van der Waals surface area contributed by atoms with E-state index in [0.717, 1.165) is 31.5 Å². The van der Waals surface area contributed by atoms with E-state index in [1.807, 2.05) is 31.0 Å². The number of carbonyl (C=O) groups excluding carboxylic acids is 2. The zero-order valence-corrected chi connectivity index (χ0v) is 14.6. The lowest BCUT2D eigenvalue weighted by Gasteiger charge is -2.36. The zero-order valence-electron chi connectivity index (χ0n) is 14.6. The lowest BCUT2D eigenvalue weighted by atomic mass is 10.0. The van der Waals surface area contributed by atoms with E-state index in [2.05, 4.69) is 17.4 Å². The van der Waals surface area contributed by atoms with Gasteiger partial charge in [-0.3, -0.25) is 9.59 Å². The van der Waals surface area contributed by atoms with Gasteiger partial charge in [-0.2, -0.15) is 0 Å². The van der Waals surface area contributed by atoms with Gasteiger partial charge in [-0.05, 0) is 38.8 Å². The normalized spacial score (nSPS) is 24.5. The van der Waals surface area contributed by atoms with Gasteiger partial charge in [0.1, 0.15) is 6.04 Å². The molecule has 24 heavy (non-hydrogen) atoms. The van der Waals surface area contributed by atoms with E-state index >= 15 is 0 Å².